The molecule has 3 aromatic rings. The third-order valence-corrected chi connectivity index (χ3v) is 6.34. The van der Waals surface area contributed by atoms with E-state index in [0.717, 1.165) is 4.31 Å². The van der Waals surface area contributed by atoms with Gasteiger partial charge in [0, 0.05) is 23.3 Å². The molecule has 3 aromatic carbocycles. The number of hydrogen-bond donors (Lipinski definition) is 1. The number of carbonyl (C=O) groups is 1. The molecule has 0 spiro atoms. The van der Waals surface area contributed by atoms with Crippen LogP contribution in [0.3, 0.4) is 0 Å². The summed E-state index contributed by atoms with van der Waals surface area (Å²) in [6.07, 6.45) is 0. The summed E-state index contributed by atoms with van der Waals surface area (Å²) in [7, 11) is -0.892. The van der Waals surface area contributed by atoms with Gasteiger partial charge in [0.2, 0.25) is 0 Å². The van der Waals surface area contributed by atoms with Crippen molar-refractivity contribution in [1.82, 2.24) is 0 Å². The summed E-state index contributed by atoms with van der Waals surface area (Å²) in [5, 5.41) is 3.30. The molecular formula is C21H19ClN2O4S. The number of amides is 1. The minimum absolute atomic E-state index is 0.0638. The van der Waals surface area contributed by atoms with Crippen LogP contribution >= 0.6 is 11.6 Å². The molecule has 0 bridgehead atoms. The van der Waals surface area contributed by atoms with Crippen molar-refractivity contribution in [1.29, 1.82) is 0 Å². The average molecular weight is 431 g/mol. The van der Waals surface area contributed by atoms with Gasteiger partial charge < -0.3 is 10.1 Å². The van der Waals surface area contributed by atoms with E-state index in [2.05, 4.69) is 5.32 Å². The van der Waals surface area contributed by atoms with Crippen LogP contribution in [0.25, 0.3) is 0 Å². The Morgan fingerprint density at radius 2 is 1.59 bits per heavy atom. The largest absolute Gasteiger partial charge is 0.495 e. The van der Waals surface area contributed by atoms with E-state index in [9.17, 15) is 13.2 Å². The Balaban J connectivity index is 1.81. The number of rotatable bonds is 6. The minimum atomic E-state index is -3.82. The van der Waals surface area contributed by atoms with Crippen LogP contribution in [0.4, 0.5) is 11.4 Å². The van der Waals surface area contributed by atoms with Crippen molar-refractivity contribution in [3.05, 3.63) is 83.4 Å². The summed E-state index contributed by atoms with van der Waals surface area (Å²) in [5.41, 5.74) is 1.34. The quantitative estimate of drug-likeness (QED) is 0.627. The third-order valence-electron chi connectivity index (χ3n) is 4.30. The molecule has 0 saturated heterocycles. The lowest BCUT2D eigenvalue weighted by Gasteiger charge is -2.21. The molecule has 0 saturated carbocycles. The predicted octanol–water partition coefficient (Wildman–Crippen LogP) is 4.43. The van der Waals surface area contributed by atoms with Gasteiger partial charge in [0.05, 0.1) is 17.7 Å². The highest BCUT2D eigenvalue weighted by molar-refractivity contribution is 7.92. The summed E-state index contributed by atoms with van der Waals surface area (Å²) in [6, 6.07) is 19.3. The number of para-hydroxylation sites is 2. The number of benzene rings is 3. The zero-order valence-electron chi connectivity index (χ0n) is 15.8. The van der Waals surface area contributed by atoms with Crippen molar-refractivity contribution in [3.63, 3.8) is 0 Å². The molecule has 0 aliphatic heterocycles. The molecule has 29 heavy (non-hydrogen) atoms. The molecule has 0 aliphatic carbocycles. The molecular weight excluding hydrogens is 412 g/mol. The van der Waals surface area contributed by atoms with Gasteiger partial charge in [0.25, 0.3) is 15.9 Å². The maximum atomic E-state index is 13.0. The minimum Gasteiger partial charge on any atom is -0.495 e. The Labute approximate surface area is 174 Å². The highest BCUT2D eigenvalue weighted by atomic mass is 35.5. The van der Waals surface area contributed by atoms with E-state index in [0.29, 0.717) is 27.7 Å². The standard InChI is InChI=1S/C21H19ClN2O4S/c1-24(19-5-3-4-6-20(19)28-2)29(26,27)18-13-7-15(8-14-18)21(25)23-17-11-9-16(22)10-12-17/h3-14H,1-2H3,(H,23,25). The topological polar surface area (TPSA) is 75.7 Å². The highest BCUT2D eigenvalue weighted by Gasteiger charge is 2.23. The smallest absolute Gasteiger partial charge is 0.264 e. The number of sulfonamides is 1. The Bertz CT molecular complexity index is 1110. The van der Waals surface area contributed by atoms with Crippen LogP contribution in [0.1, 0.15) is 10.4 Å². The summed E-state index contributed by atoms with van der Waals surface area (Å²) in [6.45, 7) is 0. The van der Waals surface area contributed by atoms with E-state index < -0.39 is 10.0 Å². The summed E-state index contributed by atoms with van der Waals surface area (Å²) >= 11 is 5.83. The fourth-order valence-corrected chi connectivity index (χ4v) is 4.02. The maximum absolute atomic E-state index is 13.0. The van der Waals surface area contributed by atoms with Crippen molar-refractivity contribution >= 4 is 38.9 Å². The first kappa shape index (κ1) is 20.7. The number of halogens is 1. The van der Waals surface area contributed by atoms with Gasteiger partial charge in [0.15, 0.2) is 0 Å². The number of hydrogen-bond acceptors (Lipinski definition) is 4. The van der Waals surface area contributed by atoms with Gasteiger partial charge in [-0.3, -0.25) is 9.10 Å². The number of methoxy groups -OCH3 is 1. The van der Waals surface area contributed by atoms with E-state index >= 15 is 0 Å². The SMILES string of the molecule is COc1ccccc1N(C)S(=O)(=O)c1ccc(C(=O)Nc2ccc(Cl)cc2)cc1. The molecule has 0 aliphatic rings. The van der Waals surface area contributed by atoms with E-state index in [-0.39, 0.29) is 10.8 Å². The Kier molecular flexibility index (Phi) is 6.10. The second-order valence-electron chi connectivity index (χ2n) is 6.13. The number of anilines is 2. The van der Waals surface area contributed by atoms with Gasteiger partial charge in [0.1, 0.15) is 5.75 Å². The molecule has 150 valence electrons. The number of carbonyl (C=O) groups excluding carboxylic acids is 1. The third kappa shape index (κ3) is 4.52. The molecule has 0 aromatic heterocycles. The van der Waals surface area contributed by atoms with E-state index in [1.54, 1.807) is 48.5 Å². The van der Waals surface area contributed by atoms with Crippen molar-refractivity contribution in [3.8, 4) is 5.75 Å². The number of ether oxygens (including phenoxy) is 1. The van der Waals surface area contributed by atoms with E-state index in [1.807, 2.05) is 0 Å². The van der Waals surface area contributed by atoms with Gasteiger partial charge in [-0.15, -0.1) is 0 Å². The van der Waals surface area contributed by atoms with Gasteiger partial charge in [-0.1, -0.05) is 23.7 Å². The molecule has 1 amide bonds. The van der Waals surface area contributed by atoms with Crippen molar-refractivity contribution in [2.75, 3.05) is 23.8 Å². The van der Waals surface area contributed by atoms with E-state index in [4.69, 9.17) is 16.3 Å². The first-order valence-electron chi connectivity index (χ1n) is 8.62. The zero-order chi connectivity index (χ0) is 21.0. The number of nitrogens with zero attached hydrogens (tertiary/aromatic N) is 1. The van der Waals surface area contributed by atoms with Crippen LogP contribution in [-0.4, -0.2) is 28.5 Å². The first-order chi connectivity index (χ1) is 13.8. The van der Waals surface area contributed by atoms with Crippen LogP contribution in [0.5, 0.6) is 5.75 Å². The molecule has 0 unspecified atom stereocenters. The predicted molar refractivity (Wildman–Crippen MR) is 114 cm³/mol. The molecule has 3 rings (SSSR count). The molecule has 0 radical (unpaired) electrons. The normalized spacial score (nSPS) is 11.0. The lowest BCUT2D eigenvalue weighted by atomic mass is 10.2. The van der Waals surface area contributed by atoms with Crippen LogP contribution in [0, 0.1) is 0 Å². The summed E-state index contributed by atoms with van der Waals surface area (Å²) in [4.78, 5) is 12.4. The molecule has 8 heteroatoms. The molecule has 1 N–H and O–H groups in total. The van der Waals surface area contributed by atoms with Crippen LogP contribution < -0.4 is 14.4 Å². The average Bonchev–Trinajstić information content (AvgIpc) is 2.74. The first-order valence-corrected chi connectivity index (χ1v) is 10.4. The Morgan fingerprint density at radius 1 is 0.966 bits per heavy atom. The molecule has 0 fully saturated rings. The second kappa shape index (κ2) is 8.55. The number of nitrogens with one attached hydrogen (secondary N) is 1. The van der Waals surface area contributed by atoms with Crippen LogP contribution in [-0.2, 0) is 10.0 Å². The monoisotopic (exact) mass is 430 g/mol. The van der Waals surface area contributed by atoms with Crippen LogP contribution in [0.15, 0.2) is 77.7 Å². The van der Waals surface area contributed by atoms with Crippen molar-refractivity contribution in [2.45, 2.75) is 4.90 Å². The summed E-state index contributed by atoms with van der Waals surface area (Å²) in [5.74, 6) is 0.0897. The highest BCUT2D eigenvalue weighted by Crippen LogP contribution is 2.30. The lowest BCUT2D eigenvalue weighted by molar-refractivity contribution is 0.102. The maximum Gasteiger partial charge on any atom is 0.264 e. The summed E-state index contributed by atoms with van der Waals surface area (Å²) < 4.78 is 32.3. The zero-order valence-corrected chi connectivity index (χ0v) is 17.4. The fraction of sp³-hybridized carbons (Fsp3) is 0.0952. The van der Waals surface area contributed by atoms with Gasteiger partial charge >= 0.3 is 0 Å². The Hall–Kier alpha value is -3.03. The Morgan fingerprint density at radius 3 is 2.21 bits per heavy atom. The fourth-order valence-electron chi connectivity index (χ4n) is 2.69. The van der Waals surface area contributed by atoms with Crippen molar-refractivity contribution in [2.24, 2.45) is 0 Å². The molecule has 0 atom stereocenters. The molecule has 0 heterocycles. The van der Waals surface area contributed by atoms with Gasteiger partial charge in [-0.05, 0) is 60.7 Å². The van der Waals surface area contributed by atoms with E-state index in [1.165, 1.54) is 38.4 Å². The van der Waals surface area contributed by atoms with Gasteiger partial charge in [-0.2, -0.15) is 0 Å². The van der Waals surface area contributed by atoms with Crippen LogP contribution in [0.2, 0.25) is 5.02 Å². The lowest BCUT2D eigenvalue weighted by Crippen LogP contribution is -2.27. The second-order valence-corrected chi connectivity index (χ2v) is 8.54. The van der Waals surface area contributed by atoms with Gasteiger partial charge in [-0.25, -0.2) is 8.42 Å². The molecule has 6 nitrogen and oxygen atoms in total. The van der Waals surface area contributed by atoms with Crippen molar-refractivity contribution < 1.29 is 17.9 Å².